The van der Waals surface area contributed by atoms with Crippen LogP contribution in [-0.2, 0) is 23.2 Å². The minimum atomic E-state index is -0.912. The van der Waals surface area contributed by atoms with Crippen molar-refractivity contribution in [3.63, 3.8) is 0 Å². The fourth-order valence-corrected chi connectivity index (χ4v) is 4.55. The molecule has 3 heterocycles. The molecule has 2 N–H and O–H groups in total. The van der Waals surface area contributed by atoms with E-state index in [9.17, 15) is 19.5 Å². The van der Waals surface area contributed by atoms with Crippen LogP contribution in [0.2, 0.25) is 0 Å². The van der Waals surface area contributed by atoms with Gasteiger partial charge in [0, 0.05) is 38.7 Å². The molecule has 0 aliphatic carbocycles. The Labute approximate surface area is 156 Å². The molecule has 7 heteroatoms. The Morgan fingerprint density at radius 2 is 1.96 bits per heavy atom. The summed E-state index contributed by atoms with van der Waals surface area (Å²) in [6.45, 7) is 1.83. The first-order valence-electron chi connectivity index (χ1n) is 9.23. The van der Waals surface area contributed by atoms with E-state index in [0.717, 1.165) is 16.5 Å². The van der Waals surface area contributed by atoms with Gasteiger partial charge >= 0.3 is 5.97 Å². The van der Waals surface area contributed by atoms with Crippen molar-refractivity contribution < 1.29 is 14.7 Å². The number of nitrogens with zero attached hydrogens (tertiary/aromatic N) is 2. The second kappa shape index (κ2) is 6.49. The van der Waals surface area contributed by atoms with Gasteiger partial charge in [0.1, 0.15) is 0 Å². The highest BCUT2D eigenvalue weighted by Crippen LogP contribution is 2.37. The van der Waals surface area contributed by atoms with Gasteiger partial charge in [0.15, 0.2) is 0 Å². The lowest BCUT2D eigenvalue weighted by atomic mass is 9.77. The summed E-state index contributed by atoms with van der Waals surface area (Å²) >= 11 is 0. The summed E-state index contributed by atoms with van der Waals surface area (Å²) in [5.41, 5.74) is 0.985. The van der Waals surface area contributed by atoms with Crippen molar-refractivity contribution >= 4 is 22.8 Å². The number of hydrogen-bond acceptors (Lipinski definition) is 4. The SMILES string of the molecule is Cn1c(=O)c(CN2CCC3(CC2)NC(=O)C[C@@H]3C(=O)O)cc2ccccc21. The van der Waals surface area contributed by atoms with Gasteiger partial charge in [-0.05, 0) is 30.4 Å². The second-order valence-corrected chi connectivity index (χ2v) is 7.67. The molecule has 2 aromatic rings. The summed E-state index contributed by atoms with van der Waals surface area (Å²) in [4.78, 5) is 38.2. The monoisotopic (exact) mass is 369 g/mol. The molecule has 0 saturated carbocycles. The number of hydrogen-bond donors (Lipinski definition) is 2. The number of carbonyl (C=O) groups excluding carboxylic acids is 1. The number of aliphatic carboxylic acids is 1. The minimum absolute atomic E-state index is 0.00781. The number of benzene rings is 1. The number of amides is 1. The number of carboxylic acid groups (broad SMARTS) is 1. The fraction of sp³-hybridized carbons (Fsp3) is 0.450. The van der Waals surface area contributed by atoms with Gasteiger partial charge in [0.2, 0.25) is 5.91 Å². The first-order valence-corrected chi connectivity index (χ1v) is 9.23. The maximum Gasteiger partial charge on any atom is 0.309 e. The maximum absolute atomic E-state index is 12.7. The number of aryl methyl sites for hydroxylation is 1. The smallest absolute Gasteiger partial charge is 0.309 e. The number of likely N-dealkylation sites (tertiary alicyclic amines) is 1. The largest absolute Gasteiger partial charge is 0.481 e. The predicted octanol–water partition coefficient (Wildman–Crippen LogP) is 1.09. The normalized spacial score (nSPS) is 22.3. The number of para-hydroxylation sites is 1. The second-order valence-electron chi connectivity index (χ2n) is 7.67. The number of pyridine rings is 1. The third kappa shape index (κ3) is 3.02. The third-order valence-electron chi connectivity index (χ3n) is 6.09. The molecule has 1 atom stereocenters. The Morgan fingerprint density at radius 3 is 2.67 bits per heavy atom. The zero-order chi connectivity index (χ0) is 19.2. The Morgan fingerprint density at radius 1 is 1.26 bits per heavy atom. The quantitative estimate of drug-likeness (QED) is 0.845. The highest BCUT2D eigenvalue weighted by molar-refractivity contribution is 5.88. The molecule has 1 aromatic heterocycles. The van der Waals surface area contributed by atoms with Crippen LogP contribution >= 0.6 is 0 Å². The van der Waals surface area contributed by atoms with Gasteiger partial charge in [-0.25, -0.2) is 0 Å². The van der Waals surface area contributed by atoms with Crippen LogP contribution < -0.4 is 10.9 Å². The lowest BCUT2D eigenvalue weighted by Crippen LogP contribution is -2.55. The fourth-order valence-electron chi connectivity index (χ4n) is 4.55. The number of aromatic nitrogens is 1. The summed E-state index contributed by atoms with van der Waals surface area (Å²) < 4.78 is 1.67. The van der Waals surface area contributed by atoms with Crippen molar-refractivity contribution in [1.82, 2.24) is 14.8 Å². The van der Waals surface area contributed by atoms with Crippen LogP contribution in [0.15, 0.2) is 35.1 Å². The van der Waals surface area contributed by atoms with Gasteiger partial charge in [-0.2, -0.15) is 0 Å². The van der Waals surface area contributed by atoms with Crippen molar-refractivity contribution in [3.05, 3.63) is 46.2 Å². The highest BCUT2D eigenvalue weighted by atomic mass is 16.4. The van der Waals surface area contributed by atoms with Gasteiger partial charge in [0.05, 0.1) is 17.0 Å². The van der Waals surface area contributed by atoms with Crippen molar-refractivity contribution in [1.29, 1.82) is 0 Å². The average molecular weight is 369 g/mol. The molecule has 27 heavy (non-hydrogen) atoms. The van der Waals surface area contributed by atoms with Crippen molar-refractivity contribution in [3.8, 4) is 0 Å². The summed E-state index contributed by atoms with van der Waals surface area (Å²) in [5.74, 6) is -1.76. The third-order valence-corrected chi connectivity index (χ3v) is 6.09. The Kier molecular flexibility index (Phi) is 4.26. The molecule has 1 amide bonds. The number of nitrogens with one attached hydrogen (secondary N) is 1. The maximum atomic E-state index is 12.7. The van der Waals surface area contributed by atoms with Crippen LogP contribution in [0.5, 0.6) is 0 Å². The van der Waals surface area contributed by atoms with Crippen LogP contribution in [0, 0.1) is 5.92 Å². The van der Waals surface area contributed by atoms with Crippen LogP contribution in [0.3, 0.4) is 0 Å². The Hall–Kier alpha value is -2.67. The first-order chi connectivity index (χ1) is 12.9. The van der Waals surface area contributed by atoms with E-state index < -0.39 is 17.4 Å². The van der Waals surface area contributed by atoms with Gasteiger partial charge in [-0.3, -0.25) is 19.3 Å². The van der Waals surface area contributed by atoms with Crippen molar-refractivity contribution in [2.24, 2.45) is 13.0 Å². The molecule has 2 saturated heterocycles. The number of rotatable bonds is 3. The van der Waals surface area contributed by atoms with E-state index in [-0.39, 0.29) is 17.9 Å². The van der Waals surface area contributed by atoms with E-state index in [4.69, 9.17) is 0 Å². The number of fused-ring (bicyclic) bond motifs is 1. The van der Waals surface area contributed by atoms with Gasteiger partial charge < -0.3 is 15.0 Å². The number of carbonyl (C=O) groups is 2. The molecule has 0 bridgehead atoms. The summed E-state index contributed by atoms with van der Waals surface area (Å²) in [7, 11) is 1.78. The first kappa shape index (κ1) is 17.7. The summed E-state index contributed by atoms with van der Waals surface area (Å²) in [6.07, 6.45) is 1.23. The highest BCUT2D eigenvalue weighted by Gasteiger charge is 2.51. The molecule has 0 radical (unpaired) electrons. The molecule has 142 valence electrons. The Balaban J connectivity index is 1.53. The molecule has 2 aliphatic heterocycles. The van der Waals surface area contributed by atoms with E-state index in [0.29, 0.717) is 32.5 Å². The zero-order valence-corrected chi connectivity index (χ0v) is 15.3. The summed E-state index contributed by atoms with van der Waals surface area (Å²) in [6, 6.07) is 9.74. The van der Waals surface area contributed by atoms with Crippen LogP contribution in [0.25, 0.3) is 10.9 Å². The molecule has 7 nitrogen and oxygen atoms in total. The van der Waals surface area contributed by atoms with Gasteiger partial charge in [-0.1, -0.05) is 18.2 Å². The molecule has 2 fully saturated rings. The predicted molar refractivity (Wildman–Crippen MR) is 100 cm³/mol. The molecule has 4 rings (SSSR count). The minimum Gasteiger partial charge on any atom is -0.481 e. The van der Waals surface area contributed by atoms with E-state index in [2.05, 4.69) is 10.2 Å². The van der Waals surface area contributed by atoms with E-state index in [1.165, 1.54) is 0 Å². The number of piperidine rings is 1. The lowest BCUT2D eigenvalue weighted by Gasteiger charge is -2.41. The van der Waals surface area contributed by atoms with Crippen molar-refractivity contribution in [2.45, 2.75) is 31.3 Å². The van der Waals surface area contributed by atoms with Crippen molar-refractivity contribution in [2.75, 3.05) is 13.1 Å². The zero-order valence-electron chi connectivity index (χ0n) is 15.3. The Bertz CT molecular complexity index is 973. The van der Waals surface area contributed by atoms with E-state index in [1.54, 1.807) is 11.6 Å². The standard InChI is InChI=1S/C20H23N3O4/c1-22-16-5-3-2-4-13(16)10-14(18(22)25)12-23-8-6-20(7-9-23)15(19(26)27)11-17(24)21-20/h2-5,10,15H,6-9,11-12H2,1H3,(H,21,24)(H,26,27)/t15-/m1/s1. The average Bonchev–Trinajstić information content (AvgIpc) is 2.98. The molecular formula is C20H23N3O4. The van der Waals surface area contributed by atoms with E-state index in [1.807, 2.05) is 30.3 Å². The van der Waals surface area contributed by atoms with Gasteiger partial charge in [-0.15, -0.1) is 0 Å². The topological polar surface area (TPSA) is 91.6 Å². The molecule has 0 unspecified atom stereocenters. The molecule has 2 aliphatic rings. The van der Waals surface area contributed by atoms with Crippen LogP contribution in [0.4, 0.5) is 0 Å². The number of carboxylic acids is 1. The van der Waals surface area contributed by atoms with Gasteiger partial charge in [0.25, 0.3) is 5.56 Å². The summed E-state index contributed by atoms with van der Waals surface area (Å²) in [5, 5.41) is 13.4. The molecule has 1 aromatic carbocycles. The molecular weight excluding hydrogens is 346 g/mol. The van der Waals surface area contributed by atoms with Crippen LogP contribution in [-0.4, -0.2) is 45.1 Å². The lowest BCUT2D eigenvalue weighted by molar-refractivity contribution is -0.144. The van der Waals surface area contributed by atoms with Crippen LogP contribution in [0.1, 0.15) is 24.8 Å². The van der Waals surface area contributed by atoms with E-state index >= 15 is 0 Å². The molecule has 1 spiro atoms.